The Kier molecular flexibility index (Phi) is 7.33. The third-order valence-corrected chi connectivity index (χ3v) is 4.32. The minimum absolute atomic E-state index is 0.380. The van der Waals surface area contributed by atoms with Crippen LogP contribution in [0, 0.1) is 5.82 Å². The van der Waals surface area contributed by atoms with E-state index in [-0.39, 0.29) is 5.82 Å². The first-order valence-electron chi connectivity index (χ1n) is 9.49. The molecule has 0 aliphatic carbocycles. The fraction of sp³-hybridized carbons (Fsp3) is 0. The van der Waals surface area contributed by atoms with Crippen molar-refractivity contribution in [3.8, 4) is 33.8 Å². The first-order valence-corrected chi connectivity index (χ1v) is 9.49. The first-order chi connectivity index (χ1) is 15.5. The van der Waals surface area contributed by atoms with E-state index in [1.165, 1.54) is 12.3 Å². The van der Waals surface area contributed by atoms with Gasteiger partial charge in [-0.15, -0.1) is 0 Å². The fourth-order valence-corrected chi connectivity index (χ4v) is 2.76. The van der Waals surface area contributed by atoms with E-state index in [1.54, 1.807) is 54.6 Å². The van der Waals surface area contributed by atoms with Gasteiger partial charge in [-0.1, -0.05) is 49.6 Å². The highest BCUT2D eigenvalue weighted by Gasteiger charge is 2.09. The quantitative estimate of drug-likeness (QED) is 0.195. The van der Waals surface area contributed by atoms with Gasteiger partial charge in [0.05, 0.1) is 0 Å². The van der Waals surface area contributed by atoms with Gasteiger partial charge in [-0.3, -0.25) is 0 Å². The first kappa shape index (κ1) is 22.2. The molecule has 6 heteroatoms. The molecule has 0 heterocycles. The molecule has 0 spiro atoms. The predicted octanol–water partition coefficient (Wildman–Crippen LogP) is 5.83. The van der Waals surface area contributed by atoms with Crippen LogP contribution in [-0.2, 0) is 14.3 Å². The number of benzene rings is 3. The lowest BCUT2D eigenvalue weighted by Gasteiger charge is -2.09. The van der Waals surface area contributed by atoms with Crippen LogP contribution in [0.4, 0.5) is 4.39 Å². The second kappa shape index (κ2) is 10.5. The normalized spacial score (nSPS) is 10.4. The van der Waals surface area contributed by atoms with Gasteiger partial charge >= 0.3 is 11.9 Å². The topological polar surface area (TPSA) is 61.8 Å². The summed E-state index contributed by atoms with van der Waals surface area (Å²) in [5, 5.41) is 0. The highest BCUT2D eigenvalue weighted by Crippen LogP contribution is 2.30. The Morgan fingerprint density at radius 3 is 1.94 bits per heavy atom. The molecule has 0 aliphatic rings. The molecule has 3 aromatic rings. The largest absolute Gasteiger partial charge is 0.462 e. The van der Waals surface area contributed by atoms with Gasteiger partial charge in [0.1, 0.15) is 29.8 Å². The Bertz CT molecular complexity index is 1160. The number of rotatable bonds is 8. The maximum atomic E-state index is 14.8. The van der Waals surface area contributed by atoms with Crippen molar-refractivity contribution in [2.24, 2.45) is 0 Å². The van der Waals surface area contributed by atoms with Crippen LogP contribution in [0.15, 0.2) is 105 Å². The highest BCUT2D eigenvalue weighted by atomic mass is 19.1. The monoisotopic (exact) mass is 430 g/mol. The molecule has 0 fully saturated rings. The summed E-state index contributed by atoms with van der Waals surface area (Å²) in [5.74, 6) is -0.641. The third-order valence-electron chi connectivity index (χ3n) is 4.32. The second-order valence-corrected chi connectivity index (χ2v) is 6.40. The summed E-state index contributed by atoms with van der Waals surface area (Å²) >= 11 is 0. The molecule has 3 rings (SSSR count). The van der Waals surface area contributed by atoms with Crippen LogP contribution < -0.4 is 9.47 Å². The van der Waals surface area contributed by atoms with E-state index in [4.69, 9.17) is 9.47 Å². The van der Waals surface area contributed by atoms with Crippen LogP contribution in [0.1, 0.15) is 0 Å². The Morgan fingerprint density at radius 2 is 1.31 bits per heavy atom. The van der Waals surface area contributed by atoms with Crippen molar-refractivity contribution < 1.29 is 28.2 Å². The molecule has 0 aliphatic heterocycles. The lowest BCUT2D eigenvalue weighted by Crippen LogP contribution is -2.02. The predicted molar refractivity (Wildman–Crippen MR) is 119 cm³/mol. The zero-order chi connectivity index (χ0) is 22.9. The van der Waals surface area contributed by atoms with Crippen LogP contribution in [0.25, 0.3) is 22.3 Å². The number of hydrogen-bond acceptors (Lipinski definition) is 5. The minimum Gasteiger partial charge on any atom is -0.462 e. The number of carbonyl (C=O) groups excluding carboxylic acids is 2. The molecule has 0 radical (unpaired) electrons. The van der Waals surface area contributed by atoms with Gasteiger partial charge in [-0.25, -0.2) is 14.0 Å². The lowest BCUT2D eigenvalue weighted by molar-refractivity contribution is -0.132. The summed E-state index contributed by atoms with van der Waals surface area (Å²) in [6.45, 7) is 6.63. The summed E-state index contributed by atoms with van der Waals surface area (Å²) in [4.78, 5) is 22.2. The summed E-state index contributed by atoms with van der Waals surface area (Å²) in [5.41, 5.74) is 2.58. The Labute approximate surface area is 184 Å². The van der Waals surface area contributed by atoms with Gasteiger partial charge in [0.2, 0.25) is 0 Å². The summed E-state index contributed by atoms with van der Waals surface area (Å²) < 4.78 is 29.8. The number of esters is 2. The molecule has 0 unspecified atom stereocenters. The maximum absolute atomic E-state index is 14.8. The number of ether oxygens (including phenoxy) is 3. The molecule has 0 amide bonds. The number of carbonyl (C=O) groups is 2. The van der Waals surface area contributed by atoms with Crippen molar-refractivity contribution in [3.63, 3.8) is 0 Å². The third kappa shape index (κ3) is 5.79. The molecule has 0 saturated heterocycles. The molecular weight excluding hydrogens is 411 g/mol. The van der Waals surface area contributed by atoms with Crippen molar-refractivity contribution in [1.82, 2.24) is 0 Å². The van der Waals surface area contributed by atoms with Crippen molar-refractivity contribution in [1.29, 1.82) is 0 Å². The smallest absolute Gasteiger partial charge is 0.335 e. The minimum atomic E-state index is -0.591. The van der Waals surface area contributed by atoms with E-state index in [0.717, 1.165) is 24.0 Å². The van der Waals surface area contributed by atoms with Crippen molar-refractivity contribution in [2.75, 3.05) is 0 Å². The average molecular weight is 430 g/mol. The molecule has 3 aromatic carbocycles. The van der Waals surface area contributed by atoms with E-state index in [1.807, 2.05) is 6.07 Å². The molecule has 0 aromatic heterocycles. The highest BCUT2D eigenvalue weighted by molar-refractivity contribution is 5.83. The Hall–Kier alpha value is -4.45. The van der Waals surface area contributed by atoms with E-state index >= 15 is 0 Å². The molecule has 0 saturated carbocycles. The fourth-order valence-electron chi connectivity index (χ4n) is 2.76. The maximum Gasteiger partial charge on any atom is 0.335 e. The van der Waals surface area contributed by atoms with Gasteiger partial charge in [-0.2, -0.15) is 0 Å². The van der Waals surface area contributed by atoms with Crippen LogP contribution in [0.3, 0.4) is 0 Å². The van der Waals surface area contributed by atoms with E-state index < -0.39 is 11.9 Å². The summed E-state index contributed by atoms with van der Waals surface area (Å²) in [6, 6.07) is 18.5. The Morgan fingerprint density at radius 1 is 0.719 bits per heavy atom. The van der Waals surface area contributed by atoms with Crippen molar-refractivity contribution >= 4 is 11.9 Å². The number of halogens is 1. The molecule has 160 valence electrons. The average Bonchev–Trinajstić information content (AvgIpc) is 2.82. The van der Waals surface area contributed by atoms with Gasteiger partial charge in [0.15, 0.2) is 0 Å². The van der Waals surface area contributed by atoms with Crippen molar-refractivity contribution in [3.05, 3.63) is 110 Å². The zero-order valence-corrected chi connectivity index (χ0v) is 17.0. The standard InChI is InChI=1S/C26H19FO5/c1-3-25(28)31-16-15-30-21-10-7-19(8-11-21)23-14-9-20(17-24(23)27)18-5-12-22(13-6-18)32-26(29)4-2/h3-17H,1-2H2/b16-15-. The second-order valence-electron chi connectivity index (χ2n) is 6.40. The molecule has 0 bridgehead atoms. The molecule has 5 nitrogen and oxygen atoms in total. The van der Waals surface area contributed by atoms with Crippen LogP contribution in [0.5, 0.6) is 11.5 Å². The van der Waals surface area contributed by atoms with E-state index in [9.17, 15) is 14.0 Å². The van der Waals surface area contributed by atoms with Gasteiger partial charge in [0, 0.05) is 17.7 Å². The lowest BCUT2D eigenvalue weighted by atomic mass is 9.99. The SMILES string of the molecule is C=CC(=O)O/C=C\Oc1ccc(-c2ccc(-c3ccc(OC(=O)C=C)cc3)cc2F)cc1. The molecule has 32 heavy (non-hydrogen) atoms. The van der Waals surface area contributed by atoms with Gasteiger partial charge in [-0.05, 0) is 47.0 Å². The molecular formula is C26H19FO5. The molecule has 0 atom stereocenters. The zero-order valence-electron chi connectivity index (χ0n) is 17.0. The van der Waals surface area contributed by atoms with Crippen LogP contribution in [0.2, 0.25) is 0 Å². The molecule has 0 N–H and O–H groups in total. The summed E-state index contributed by atoms with van der Waals surface area (Å²) in [7, 11) is 0. The van der Waals surface area contributed by atoms with Crippen LogP contribution >= 0.6 is 0 Å². The Balaban J connectivity index is 1.69. The van der Waals surface area contributed by atoms with Gasteiger partial charge < -0.3 is 14.2 Å². The van der Waals surface area contributed by atoms with Gasteiger partial charge in [0.25, 0.3) is 0 Å². The van der Waals surface area contributed by atoms with E-state index in [2.05, 4.69) is 17.9 Å². The summed E-state index contributed by atoms with van der Waals surface area (Å²) in [6.07, 6.45) is 4.44. The number of hydrogen-bond donors (Lipinski definition) is 0. The van der Waals surface area contributed by atoms with Crippen molar-refractivity contribution in [2.45, 2.75) is 0 Å². The van der Waals surface area contributed by atoms with Crippen LogP contribution in [-0.4, -0.2) is 11.9 Å². The van der Waals surface area contributed by atoms with E-state index in [0.29, 0.717) is 28.2 Å².